The van der Waals surface area contributed by atoms with E-state index >= 15 is 0 Å². The highest BCUT2D eigenvalue weighted by atomic mass is 32.1. The summed E-state index contributed by atoms with van der Waals surface area (Å²) in [6, 6.07) is 10.2. The zero-order valence-corrected chi connectivity index (χ0v) is 7.30. The summed E-state index contributed by atoms with van der Waals surface area (Å²) < 4.78 is 0. The monoisotopic (exact) mass is 167 g/mol. The summed E-state index contributed by atoms with van der Waals surface area (Å²) in [5, 5.41) is 0. The maximum atomic E-state index is 5.57. The smallest absolute Gasteiger partial charge is 0.00494 e. The highest BCUT2D eigenvalue weighted by Gasteiger charge is 2.04. The Morgan fingerprint density at radius 2 is 1.91 bits per heavy atom. The van der Waals surface area contributed by atoms with Crippen LogP contribution in [0.1, 0.15) is 11.5 Å². The Morgan fingerprint density at radius 3 is 2.36 bits per heavy atom. The minimum atomic E-state index is 0.402. The van der Waals surface area contributed by atoms with Crippen molar-refractivity contribution in [2.24, 2.45) is 5.73 Å². The summed E-state index contributed by atoms with van der Waals surface area (Å²) in [6.07, 6.45) is 0. The third-order valence-corrected chi connectivity index (χ3v) is 2.22. The molecule has 1 atom stereocenters. The quantitative estimate of drug-likeness (QED) is 0.658. The van der Waals surface area contributed by atoms with E-state index < -0.39 is 0 Å². The number of benzene rings is 1. The Morgan fingerprint density at radius 1 is 1.27 bits per heavy atom. The summed E-state index contributed by atoms with van der Waals surface area (Å²) in [5.74, 6) is 1.22. The van der Waals surface area contributed by atoms with E-state index in [2.05, 4.69) is 24.8 Å². The van der Waals surface area contributed by atoms with Crippen molar-refractivity contribution in [3.8, 4) is 0 Å². The largest absolute Gasteiger partial charge is 0.330 e. The van der Waals surface area contributed by atoms with Gasteiger partial charge in [0.25, 0.3) is 0 Å². The predicted molar refractivity (Wildman–Crippen MR) is 52.1 cm³/mol. The van der Waals surface area contributed by atoms with Crippen LogP contribution in [0, 0.1) is 0 Å². The lowest BCUT2D eigenvalue weighted by molar-refractivity contribution is 0.787. The second kappa shape index (κ2) is 4.42. The number of nitrogens with two attached hydrogens (primary N) is 1. The van der Waals surface area contributed by atoms with E-state index in [0.29, 0.717) is 12.5 Å². The summed E-state index contributed by atoms with van der Waals surface area (Å²) in [4.78, 5) is 0. The fraction of sp³-hybridized carbons (Fsp3) is 0.333. The molecule has 0 bridgehead atoms. The summed E-state index contributed by atoms with van der Waals surface area (Å²) in [7, 11) is 0. The van der Waals surface area contributed by atoms with Gasteiger partial charge in [-0.25, -0.2) is 0 Å². The molecule has 2 N–H and O–H groups in total. The molecule has 0 aliphatic carbocycles. The maximum absolute atomic E-state index is 5.57. The molecule has 0 aliphatic rings. The highest BCUT2D eigenvalue weighted by molar-refractivity contribution is 7.80. The Bertz CT molecular complexity index is 194. The van der Waals surface area contributed by atoms with E-state index in [1.807, 2.05) is 18.2 Å². The molecule has 0 amide bonds. The molecule has 1 nitrogen and oxygen atoms in total. The van der Waals surface area contributed by atoms with E-state index in [9.17, 15) is 0 Å². The molecular formula is C9H13NS. The molecule has 0 fully saturated rings. The number of hydrogen-bond acceptors (Lipinski definition) is 2. The maximum Gasteiger partial charge on any atom is 0.00494 e. The van der Waals surface area contributed by atoms with Crippen LogP contribution in [0.2, 0.25) is 0 Å². The van der Waals surface area contributed by atoms with Gasteiger partial charge < -0.3 is 5.73 Å². The lowest BCUT2D eigenvalue weighted by atomic mass is 10.0. The molecule has 0 heterocycles. The average Bonchev–Trinajstić information content (AvgIpc) is 2.09. The van der Waals surface area contributed by atoms with Crippen LogP contribution < -0.4 is 5.73 Å². The van der Waals surface area contributed by atoms with E-state index in [0.717, 1.165) is 5.75 Å². The summed E-state index contributed by atoms with van der Waals surface area (Å²) in [5.41, 5.74) is 6.85. The van der Waals surface area contributed by atoms with Crippen LogP contribution in [-0.2, 0) is 0 Å². The Kier molecular flexibility index (Phi) is 3.46. The van der Waals surface area contributed by atoms with Crippen LogP contribution in [-0.4, -0.2) is 12.3 Å². The van der Waals surface area contributed by atoms with Crippen LogP contribution in [0.25, 0.3) is 0 Å². The van der Waals surface area contributed by atoms with E-state index in [4.69, 9.17) is 5.73 Å². The molecule has 60 valence electrons. The van der Waals surface area contributed by atoms with Gasteiger partial charge in [0, 0.05) is 5.92 Å². The molecule has 1 aromatic carbocycles. The van der Waals surface area contributed by atoms with Crippen LogP contribution in [0.4, 0.5) is 0 Å². The van der Waals surface area contributed by atoms with Crippen LogP contribution in [0.3, 0.4) is 0 Å². The van der Waals surface area contributed by atoms with Crippen LogP contribution in [0.15, 0.2) is 30.3 Å². The van der Waals surface area contributed by atoms with Crippen molar-refractivity contribution < 1.29 is 0 Å². The standard InChI is InChI=1S/C9H13NS/c10-6-9(7-11)8-4-2-1-3-5-8/h1-5,9,11H,6-7,10H2. The van der Waals surface area contributed by atoms with Gasteiger partial charge in [-0.2, -0.15) is 12.6 Å². The van der Waals surface area contributed by atoms with Gasteiger partial charge in [0.15, 0.2) is 0 Å². The van der Waals surface area contributed by atoms with Crippen LogP contribution >= 0.6 is 12.6 Å². The Hall–Kier alpha value is -0.470. The average molecular weight is 167 g/mol. The van der Waals surface area contributed by atoms with Crippen molar-refractivity contribution in [1.29, 1.82) is 0 Å². The molecule has 0 saturated carbocycles. The molecule has 0 aliphatic heterocycles. The first-order chi connectivity index (χ1) is 5.38. The molecule has 0 radical (unpaired) electrons. The molecule has 1 rings (SSSR count). The third kappa shape index (κ3) is 2.24. The normalized spacial score (nSPS) is 12.9. The van der Waals surface area contributed by atoms with Crippen molar-refractivity contribution in [2.75, 3.05) is 12.3 Å². The topological polar surface area (TPSA) is 26.0 Å². The summed E-state index contributed by atoms with van der Waals surface area (Å²) >= 11 is 4.23. The molecule has 1 aromatic rings. The van der Waals surface area contributed by atoms with Gasteiger partial charge in [-0.05, 0) is 17.9 Å². The van der Waals surface area contributed by atoms with Gasteiger partial charge in [-0.1, -0.05) is 30.3 Å². The van der Waals surface area contributed by atoms with Crippen molar-refractivity contribution in [3.05, 3.63) is 35.9 Å². The van der Waals surface area contributed by atoms with E-state index in [-0.39, 0.29) is 0 Å². The first-order valence-electron chi connectivity index (χ1n) is 3.74. The number of thiol groups is 1. The minimum absolute atomic E-state index is 0.402. The van der Waals surface area contributed by atoms with Gasteiger partial charge in [0.05, 0.1) is 0 Å². The van der Waals surface area contributed by atoms with Gasteiger partial charge in [0.2, 0.25) is 0 Å². The second-order valence-corrected chi connectivity index (χ2v) is 2.89. The van der Waals surface area contributed by atoms with Gasteiger partial charge >= 0.3 is 0 Å². The number of rotatable bonds is 3. The molecule has 0 saturated heterocycles. The van der Waals surface area contributed by atoms with Crippen LogP contribution in [0.5, 0.6) is 0 Å². The lowest BCUT2D eigenvalue weighted by Gasteiger charge is -2.10. The SMILES string of the molecule is NCC(CS)c1ccccc1. The molecule has 2 heteroatoms. The fourth-order valence-electron chi connectivity index (χ4n) is 1.04. The minimum Gasteiger partial charge on any atom is -0.330 e. The fourth-order valence-corrected chi connectivity index (χ4v) is 1.40. The Balaban J connectivity index is 2.74. The first kappa shape index (κ1) is 8.62. The lowest BCUT2D eigenvalue weighted by Crippen LogP contribution is -2.13. The molecule has 11 heavy (non-hydrogen) atoms. The molecule has 0 aromatic heterocycles. The van der Waals surface area contributed by atoms with Crippen molar-refractivity contribution >= 4 is 12.6 Å². The Labute approximate surface area is 73.0 Å². The number of hydrogen-bond donors (Lipinski definition) is 2. The summed E-state index contributed by atoms with van der Waals surface area (Å²) in [6.45, 7) is 0.674. The molecule has 0 spiro atoms. The third-order valence-electron chi connectivity index (χ3n) is 1.78. The van der Waals surface area contributed by atoms with Crippen molar-refractivity contribution in [1.82, 2.24) is 0 Å². The van der Waals surface area contributed by atoms with Crippen molar-refractivity contribution in [3.63, 3.8) is 0 Å². The van der Waals surface area contributed by atoms with Gasteiger partial charge in [-0.15, -0.1) is 0 Å². The van der Waals surface area contributed by atoms with Gasteiger partial charge in [-0.3, -0.25) is 0 Å². The van der Waals surface area contributed by atoms with E-state index in [1.165, 1.54) is 5.56 Å². The van der Waals surface area contributed by atoms with E-state index in [1.54, 1.807) is 0 Å². The van der Waals surface area contributed by atoms with Crippen molar-refractivity contribution in [2.45, 2.75) is 5.92 Å². The highest BCUT2D eigenvalue weighted by Crippen LogP contribution is 2.14. The molecule has 1 unspecified atom stereocenters. The molecular weight excluding hydrogens is 154 g/mol. The van der Waals surface area contributed by atoms with Gasteiger partial charge in [0.1, 0.15) is 0 Å². The zero-order chi connectivity index (χ0) is 8.10. The second-order valence-electron chi connectivity index (χ2n) is 2.53. The zero-order valence-electron chi connectivity index (χ0n) is 6.40. The first-order valence-corrected chi connectivity index (χ1v) is 4.37. The predicted octanol–water partition coefficient (Wildman–Crippen LogP) is 1.66.